The second-order valence-electron chi connectivity index (χ2n) is 11.4. The molecule has 3 heterocycles. The summed E-state index contributed by atoms with van der Waals surface area (Å²) in [6, 6.07) is 13.6. The minimum absolute atomic E-state index is 0.0403. The molecule has 1 amide bonds. The quantitative estimate of drug-likeness (QED) is 0.181. The predicted octanol–water partition coefficient (Wildman–Crippen LogP) is 5.00. The van der Waals surface area contributed by atoms with Gasteiger partial charge in [0.25, 0.3) is 11.5 Å². The molecule has 14 heteroatoms. The molecule has 1 N–H and O–H groups in total. The van der Waals surface area contributed by atoms with Crippen LogP contribution < -0.4 is 30.8 Å². The summed E-state index contributed by atoms with van der Waals surface area (Å²) in [5, 5.41) is 3.07. The lowest BCUT2D eigenvalue weighted by Crippen LogP contribution is -2.42. The average Bonchev–Trinajstić information content (AvgIpc) is 3.12. The van der Waals surface area contributed by atoms with E-state index in [1.165, 1.54) is 42.1 Å². The van der Waals surface area contributed by atoms with Crippen LogP contribution >= 0.6 is 0 Å². The number of anilines is 1. The molecule has 12 nitrogen and oxygen atoms in total. The Kier molecular flexibility index (Phi) is 10.5. The van der Waals surface area contributed by atoms with Gasteiger partial charge in [-0.25, -0.2) is 18.1 Å². The van der Waals surface area contributed by atoms with Crippen LogP contribution in [0.2, 0.25) is 0 Å². The molecule has 0 bridgehead atoms. The molecule has 1 aliphatic heterocycles. The first-order valence-corrected chi connectivity index (χ1v) is 16.1. The first kappa shape index (κ1) is 34.3. The van der Waals surface area contributed by atoms with Gasteiger partial charge in [0.2, 0.25) is 0 Å². The standard InChI is InChI=1S/C36H35F2N5O7/c1-3-42-22-27(35(45)43(36(42)46)25-8-5-23(37)6-9-25)34(44)40-24-7-10-31(28(38)19-24)50-30-11-12-39-29-21-33(32(47-2)20-26(29)30)49-16-4-13-41-14-17-48-18-15-41/h5-12,19-22H,3-4,13-18H2,1-2H3,(H,40,44). The molecule has 2 aromatic heterocycles. The van der Waals surface area contributed by atoms with Gasteiger partial charge in [0, 0.05) is 61.8 Å². The zero-order valence-corrected chi connectivity index (χ0v) is 27.5. The number of aryl methyl sites for hydroxylation is 1. The first-order chi connectivity index (χ1) is 24.2. The van der Waals surface area contributed by atoms with Crippen molar-refractivity contribution in [2.24, 2.45) is 0 Å². The summed E-state index contributed by atoms with van der Waals surface area (Å²) in [5.41, 5.74) is -1.29. The number of rotatable bonds is 12. The fourth-order valence-corrected chi connectivity index (χ4v) is 5.57. The molecule has 0 spiro atoms. The van der Waals surface area contributed by atoms with Crippen molar-refractivity contribution in [3.05, 3.63) is 111 Å². The van der Waals surface area contributed by atoms with E-state index in [-0.39, 0.29) is 29.2 Å². The highest BCUT2D eigenvalue weighted by molar-refractivity contribution is 6.04. The number of pyridine rings is 1. The van der Waals surface area contributed by atoms with Gasteiger partial charge in [0.05, 0.1) is 38.1 Å². The Bertz CT molecular complexity index is 2130. The van der Waals surface area contributed by atoms with Crippen LogP contribution in [0.4, 0.5) is 14.5 Å². The highest BCUT2D eigenvalue weighted by Gasteiger charge is 2.20. The van der Waals surface area contributed by atoms with Gasteiger partial charge in [0.1, 0.15) is 17.1 Å². The molecule has 1 aliphatic rings. The molecular weight excluding hydrogens is 652 g/mol. The zero-order chi connectivity index (χ0) is 35.2. The van der Waals surface area contributed by atoms with Crippen molar-refractivity contribution in [1.29, 1.82) is 0 Å². The summed E-state index contributed by atoms with van der Waals surface area (Å²) in [5.74, 6) is -1.04. The van der Waals surface area contributed by atoms with Crippen LogP contribution in [0.1, 0.15) is 23.7 Å². The maximum Gasteiger partial charge on any atom is 0.335 e. The van der Waals surface area contributed by atoms with Crippen molar-refractivity contribution < 1.29 is 32.5 Å². The van der Waals surface area contributed by atoms with Gasteiger partial charge < -0.3 is 24.3 Å². The number of carbonyl (C=O) groups is 1. The number of nitrogens with zero attached hydrogens (tertiary/aromatic N) is 4. The number of halogens is 2. The molecule has 0 aliphatic carbocycles. The predicted molar refractivity (Wildman–Crippen MR) is 182 cm³/mol. The van der Waals surface area contributed by atoms with E-state index < -0.39 is 28.8 Å². The smallest absolute Gasteiger partial charge is 0.335 e. The van der Waals surface area contributed by atoms with Crippen LogP contribution in [0, 0.1) is 11.6 Å². The second kappa shape index (κ2) is 15.3. The maximum atomic E-state index is 15.4. The van der Waals surface area contributed by atoms with Crippen molar-refractivity contribution in [1.82, 2.24) is 19.0 Å². The van der Waals surface area contributed by atoms with Gasteiger partial charge in [-0.2, -0.15) is 0 Å². The Labute approximate surface area is 285 Å². The third-order valence-electron chi connectivity index (χ3n) is 8.20. The number of benzene rings is 3. The van der Waals surface area contributed by atoms with Gasteiger partial charge in [-0.15, -0.1) is 0 Å². The number of nitrogens with one attached hydrogen (secondary N) is 1. The fourth-order valence-electron chi connectivity index (χ4n) is 5.57. The van der Waals surface area contributed by atoms with E-state index in [4.69, 9.17) is 18.9 Å². The summed E-state index contributed by atoms with van der Waals surface area (Å²) < 4.78 is 53.8. The van der Waals surface area contributed by atoms with Crippen LogP contribution in [-0.2, 0) is 11.3 Å². The van der Waals surface area contributed by atoms with E-state index in [0.717, 1.165) is 68.2 Å². The molecule has 0 saturated carbocycles. The van der Waals surface area contributed by atoms with E-state index in [9.17, 15) is 18.8 Å². The molecule has 3 aromatic carbocycles. The maximum absolute atomic E-state index is 15.4. The van der Waals surface area contributed by atoms with Crippen molar-refractivity contribution in [2.45, 2.75) is 19.9 Å². The van der Waals surface area contributed by atoms with Crippen LogP contribution in [0.5, 0.6) is 23.0 Å². The largest absolute Gasteiger partial charge is 0.493 e. The van der Waals surface area contributed by atoms with Crippen molar-refractivity contribution in [3.63, 3.8) is 0 Å². The summed E-state index contributed by atoms with van der Waals surface area (Å²) in [7, 11) is 1.53. The van der Waals surface area contributed by atoms with E-state index in [0.29, 0.717) is 34.8 Å². The van der Waals surface area contributed by atoms with Gasteiger partial charge in [-0.05, 0) is 61.9 Å². The molecule has 0 atom stereocenters. The second-order valence-corrected chi connectivity index (χ2v) is 11.4. The Morgan fingerprint density at radius 2 is 1.74 bits per heavy atom. The van der Waals surface area contributed by atoms with E-state index in [2.05, 4.69) is 15.2 Å². The van der Waals surface area contributed by atoms with Crippen LogP contribution in [0.15, 0.2) is 82.6 Å². The monoisotopic (exact) mass is 687 g/mol. The Hall–Kier alpha value is -5.60. The van der Waals surface area contributed by atoms with Crippen LogP contribution in [0.3, 0.4) is 0 Å². The van der Waals surface area contributed by atoms with Crippen LogP contribution in [-0.4, -0.2) is 71.5 Å². The molecule has 6 rings (SSSR count). The number of morpholine rings is 1. The van der Waals surface area contributed by atoms with Gasteiger partial charge in [-0.3, -0.25) is 24.0 Å². The molecule has 5 aromatic rings. The molecule has 0 unspecified atom stereocenters. The minimum atomic E-state index is -0.911. The zero-order valence-electron chi connectivity index (χ0n) is 27.5. The van der Waals surface area contributed by atoms with Gasteiger partial charge >= 0.3 is 5.69 Å². The Balaban J connectivity index is 1.18. The number of amides is 1. The van der Waals surface area contributed by atoms with Gasteiger partial charge in [-0.1, -0.05) is 0 Å². The lowest BCUT2D eigenvalue weighted by molar-refractivity contribution is 0.0357. The number of hydrogen-bond acceptors (Lipinski definition) is 9. The lowest BCUT2D eigenvalue weighted by atomic mass is 10.1. The fraction of sp³-hybridized carbons (Fsp3) is 0.278. The molecule has 0 radical (unpaired) electrons. The highest BCUT2D eigenvalue weighted by atomic mass is 19.1. The van der Waals surface area contributed by atoms with E-state index in [1.807, 2.05) is 0 Å². The van der Waals surface area contributed by atoms with Crippen molar-refractivity contribution in [2.75, 3.05) is 51.9 Å². The Morgan fingerprint density at radius 1 is 0.960 bits per heavy atom. The van der Waals surface area contributed by atoms with E-state index in [1.54, 1.807) is 25.1 Å². The molecule has 1 fully saturated rings. The molecule has 1 saturated heterocycles. The molecule has 50 heavy (non-hydrogen) atoms. The molecule has 260 valence electrons. The summed E-state index contributed by atoms with van der Waals surface area (Å²) in [6.07, 6.45) is 3.50. The average molecular weight is 688 g/mol. The first-order valence-electron chi connectivity index (χ1n) is 16.1. The Morgan fingerprint density at radius 3 is 2.46 bits per heavy atom. The third-order valence-corrected chi connectivity index (χ3v) is 8.20. The number of carbonyl (C=O) groups excluding carboxylic acids is 1. The van der Waals surface area contributed by atoms with Crippen molar-refractivity contribution in [3.8, 4) is 28.7 Å². The summed E-state index contributed by atoms with van der Waals surface area (Å²) in [6.45, 7) is 6.49. The van der Waals surface area contributed by atoms with Crippen molar-refractivity contribution >= 4 is 22.5 Å². The van der Waals surface area contributed by atoms with Crippen LogP contribution in [0.25, 0.3) is 16.6 Å². The topological polar surface area (TPSA) is 126 Å². The SMILES string of the molecule is CCn1cc(C(=O)Nc2ccc(Oc3ccnc4cc(OCCCN5CCOCC5)c(OC)cc34)c(F)c2)c(=O)n(-c2ccc(F)cc2)c1=O. The summed E-state index contributed by atoms with van der Waals surface area (Å²) >= 11 is 0. The minimum Gasteiger partial charge on any atom is -0.493 e. The number of aromatic nitrogens is 3. The third kappa shape index (κ3) is 7.51. The number of fused-ring (bicyclic) bond motifs is 1. The number of hydrogen-bond donors (Lipinski definition) is 1. The normalized spacial score (nSPS) is 13.3. The number of methoxy groups -OCH3 is 1. The molecular formula is C36H35F2N5O7. The number of ether oxygens (including phenoxy) is 4. The van der Waals surface area contributed by atoms with Gasteiger partial charge in [0.15, 0.2) is 23.1 Å². The summed E-state index contributed by atoms with van der Waals surface area (Å²) in [4.78, 5) is 46.2. The highest BCUT2D eigenvalue weighted by Crippen LogP contribution is 2.38. The van der Waals surface area contributed by atoms with E-state index >= 15 is 4.39 Å². The lowest BCUT2D eigenvalue weighted by Gasteiger charge is -2.26.